The van der Waals surface area contributed by atoms with E-state index in [0.717, 1.165) is 16.8 Å². The molecule has 18 nitrogen and oxygen atoms in total. The van der Waals surface area contributed by atoms with Crippen LogP contribution in [0.15, 0.2) is 60.2 Å². The minimum Gasteiger partial charge on any atom is -0.481 e. The summed E-state index contributed by atoms with van der Waals surface area (Å²) in [7, 11) is -3.23. The number of hydrogen-bond donors (Lipinski definition) is 7. The molecule has 0 bridgehead atoms. The van der Waals surface area contributed by atoms with E-state index < -0.39 is 91.4 Å². The molecule has 3 saturated carbocycles. The Kier molecular flexibility index (Phi) is 13.3. The molecule has 0 unspecified atom stereocenters. The number of benzene rings is 1. The second-order valence-corrected chi connectivity index (χ2v) is 19.4. The summed E-state index contributed by atoms with van der Waals surface area (Å²) in [6.07, 6.45) is 4.02. The Bertz CT molecular complexity index is 2290. The lowest BCUT2D eigenvalue weighted by atomic mass is 9.46. The van der Waals surface area contributed by atoms with Gasteiger partial charge in [0.05, 0.1) is 29.8 Å². The summed E-state index contributed by atoms with van der Waals surface area (Å²) in [6.45, 7) is 2.62. The first kappa shape index (κ1) is 46.7. The van der Waals surface area contributed by atoms with Crippen molar-refractivity contribution in [2.24, 2.45) is 35.6 Å². The standard InChI is InChI=1S/C43H52BrN4O14P/c1-41-15-14-27(49)17-24(41)6-10-28-29-18-34-43(33(51)22-60-63(57,58)59,42(29,2)19-32(50)38(28)41)62-40(61-34)31-12-9-26(48(31)3)16-23-4-7-25(8-5-23)46-39(56)30(11-13-37(54)55)47-36(53)21-45-35(52)20-44/h4-5,7-9,12,14-15,17,28-30,32,34,38,40,50H,6,10-11,13,16,18-22H2,1-3H3,(H,45,52)(H,46,56)(H,47,53)(H,54,55)(H2,57,58,59)/t28-,29-,30-,32-,34+,38+,40+,41-,42-,43+/m0/s1. The minimum atomic E-state index is -5.05. The number of nitrogens with one attached hydrogen (secondary N) is 3. The normalized spacial score (nSPS) is 31.2. The number of nitrogens with zero attached hydrogens (tertiary/aromatic N) is 1. The fourth-order valence-electron chi connectivity index (χ4n) is 11.1. The van der Waals surface area contributed by atoms with Gasteiger partial charge in [0.1, 0.15) is 12.6 Å². The molecule has 10 atom stereocenters. The molecule has 1 aromatic carbocycles. The monoisotopic (exact) mass is 958 g/mol. The first-order chi connectivity index (χ1) is 29.7. The highest BCUT2D eigenvalue weighted by Gasteiger charge is 2.76. The number of phosphoric ester groups is 1. The van der Waals surface area contributed by atoms with Crippen molar-refractivity contribution in [2.45, 2.75) is 88.9 Å². The molecule has 0 radical (unpaired) electrons. The highest BCUT2D eigenvalue weighted by molar-refractivity contribution is 9.09. The van der Waals surface area contributed by atoms with Gasteiger partial charge in [-0.1, -0.05) is 53.6 Å². The molecule has 1 saturated heterocycles. The highest BCUT2D eigenvalue weighted by Crippen LogP contribution is 2.70. The third kappa shape index (κ3) is 9.03. The van der Waals surface area contributed by atoms with Crippen molar-refractivity contribution in [2.75, 3.05) is 23.8 Å². The van der Waals surface area contributed by atoms with E-state index in [-0.39, 0.29) is 48.1 Å². The average Bonchev–Trinajstić information content (AvgIpc) is 3.86. The Hall–Kier alpha value is -4.33. The van der Waals surface area contributed by atoms with E-state index in [4.69, 9.17) is 14.0 Å². The third-order valence-electron chi connectivity index (χ3n) is 14.0. The predicted molar refractivity (Wildman–Crippen MR) is 227 cm³/mol. The van der Waals surface area contributed by atoms with Gasteiger partial charge in [0.25, 0.3) is 0 Å². The molecule has 0 spiro atoms. The number of aliphatic hydroxyl groups excluding tert-OH is 1. The van der Waals surface area contributed by atoms with Crippen molar-refractivity contribution in [1.82, 2.24) is 15.2 Å². The van der Waals surface area contributed by atoms with E-state index >= 15 is 0 Å². The van der Waals surface area contributed by atoms with Gasteiger partial charge >= 0.3 is 13.8 Å². The Labute approximate surface area is 371 Å². The molecular formula is C43H52BrN4O14P. The van der Waals surface area contributed by atoms with Gasteiger partial charge in [0, 0.05) is 48.0 Å². The summed E-state index contributed by atoms with van der Waals surface area (Å²) >= 11 is 2.98. The Balaban J connectivity index is 1.07. The molecule has 3 amide bonds. The molecule has 20 heteroatoms. The van der Waals surface area contributed by atoms with E-state index in [0.29, 0.717) is 37.1 Å². The first-order valence-corrected chi connectivity index (χ1v) is 23.4. The number of carbonyl (C=O) groups excluding carboxylic acids is 5. The number of alkyl halides is 1. The van der Waals surface area contributed by atoms with Gasteiger partial charge in [-0.2, -0.15) is 0 Å². The lowest BCUT2D eigenvalue weighted by Crippen LogP contribution is -2.63. The SMILES string of the molecule is Cn1c(Cc2ccc(NC(=O)[C@H](CCC(=O)O)NC(=O)CNC(=O)CBr)cc2)ccc1[C@@H]1O[C@@H]2C[C@H]3[C@@H]4CCC5=CC(=O)C=C[C@]5(C)[C@H]4[C@@H](O)C[C@]3(C)[C@]2(C(=O)COP(=O)(O)O)O1. The van der Waals surface area contributed by atoms with Crippen LogP contribution in [0.1, 0.15) is 75.6 Å². The van der Waals surface area contributed by atoms with Crippen molar-refractivity contribution < 1.29 is 67.3 Å². The fourth-order valence-corrected chi connectivity index (χ4v) is 11.6. The second kappa shape index (κ2) is 17.9. The number of aliphatic carboxylic acids is 1. The van der Waals surface area contributed by atoms with Crippen LogP contribution < -0.4 is 16.0 Å². The number of anilines is 1. The van der Waals surface area contributed by atoms with Gasteiger partial charge in [-0.15, -0.1) is 0 Å². The predicted octanol–water partition coefficient (Wildman–Crippen LogP) is 3.13. The first-order valence-electron chi connectivity index (χ1n) is 20.8. The Morgan fingerprint density at radius 3 is 2.49 bits per heavy atom. The van der Waals surface area contributed by atoms with Gasteiger partial charge in [0.15, 0.2) is 17.2 Å². The Morgan fingerprint density at radius 2 is 1.81 bits per heavy atom. The molecule has 63 heavy (non-hydrogen) atoms. The quantitative estimate of drug-likeness (QED) is 0.0942. The molecule has 340 valence electrons. The number of phosphoric acid groups is 1. The maximum absolute atomic E-state index is 14.5. The third-order valence-corrected chi connectivity index (χ3v) is 15.0. The molecule has 7 rings (SSSR count). The number of amides is 3. The number of allylic oxidation sites excluding steroid dienone is 4. The zero-order valence-corrected chi connectivity index (χ0v) is 37.4. The van der Waals surface area contributed by atoms with Crippen LogP contribution in [0.3, 0.4) is 0 Å². The lowest BCUT2D eigenvalue weighted by Gasteiger charge is -2.59. The van der Waals surface area contributed by atoms with Crippen LogP contribution in [0.25, 0.3) is 0 Å². The van der Waals surface area contributed by atoms with Crippen LogP contribution in [0.2, 0.25) is 0 Å². The van der Waals surface area contributed by atoms with Crippen molar-refractivity contribution in [3.8, 4) is 0 Å². The lowest BCUT2D eigenvalue weighted by molar-refractivity contribution is -0.201. The largest absolute Gasteiger partial charge is 0.481 e. The Morgan fingerprint density at radius 1 is 1.08 bits per heavy atom. The van der Waals surface area contributed by atoms with Crippen molar-refractivity contribution in [1.29, 1.82) is 0 Å². The molecule has 1 aromatic heterocycles. The minimum absolute atomic E-state index is 0.0174. The van der Waals surface area contributed by atoms with Gasteiger partial charge in [-0.3, -0.25) is 33.3 Å². The fraction of sp³-hybridized carbons (Fsp3) is 0.535. The molecule has 5 aliphatic rings. The number of rotatable bonds is 16. The molecule has 4 aliphatic carbocycles. The van der Waals surface area contributed by atoms with Crippen LogP contribution in [0, 0.1) is 28.6 Å². The number of aliphatic hydroxyl groups is 1. The molecular weight excluding hydrogens is 907 g/mol. The summed E-state index contributed by atoms with van der Waals surface area (Å²) in [4.78, 5) is 94.2. The molecule has 1 aliphatic heterocycles. The maximum Gasteiger partial charge on any atom is 0.470 e. The van der Waals surface area contributed by atoms with Gasteiger partial charge < -0.3 is 50.0 Å². The van der Waals surface area contributed by atoms with Gasteiger partial charge in [-0.05, 0) is 85.9 Å². The van der Waals surface area contributed by atoms with E-state index in [2.05, 4.69) is 31.9 Å². The number of halogens is 1. The zero-order chi connectivity index (χ0) is 45.6. The van der Waals surface area contributed by atoms with Crippen molar-refractivity contribution >= 4 is 64.7 Å². The molecule has 2 aromatic rings. The van der Waals surface area contributed by atoms with Gasteiger partial charge in [0.2, 0.25) is 24.0 Å². The summed E-state index contributed by atoms with van der Waals surface area (Å²) in [5.41, 5.74) is 0.331. The van der Waals surface area contributed by atoms with E-state index in [9.17, 15) is 53.3 Å². The number of hydrogen-bond acceptors (Lipinski definition) is 11. The number of aromatic nitrogens is 1. The van der Waals surface area contributed by atoms with Crippen molar-refractivity contribution in [3.05, 3.63) is 77.2 Å². The molecule has 4 fully saturated rings. The molecule has 7 N–H and O–H groups in total. The van der Waals surface area contributed by atoms with Crippen molar-refractivity contribution in [3.63, 3.8) is 0 Å². The number of carboxylic acid groups (broad SMARTS) is 1. The van der Waals surface area contributed by atoms with E-state index in [1.165, 1.54) is 0 Å². The highest BCUT2D eigenvalue weighted by atomic mass is 79.9. The van der Waals surface area contributed by atoms with Crippen LogP contribution in [-0.2, 0) is 60.8 Å². The van der Waals surface area contributed by atoms with E-state index in [1.54, 1.807) is 36.4 Å². The summed E-state index contributed by atoms with van der Waals surface area (Å²) < 4.78 is 32.0. The number of Topliss-reactive ketones (excluding diaryl/α,β-unsaturated/α-hetero) is 1. The van der Waals surface area contributed by atoms with Crippen LogP contribution in [0.4, 0.5) is 5.69 Å². The van der Waals surface area contributed by atoms with Crippen LogP contribution in [-0.4, -0.2) is 102 Å². The van der Waals surface area contributed by atoms with Crippen LogP contribution >= 0.6 is 23.8 Å². The zero-order valence-electron chi connectivity index (χ0n) is 35.0. The smallest absolute Gasteiger partial charge is 0.470 e. The number of carbonyl (C=O) groups is 6. The maximum atomic E-state index is 14.5. The van der Waals surface area contributed by atoms with Crippen LogP contribution in [0.5, 0.6) is 0 Å². The van der Waals surface area contributed by atoms with E-state index in [1.807, 2.05) is 43.7 Å². The summed E-state index contributed by atoms with van der Waals surface area (Å²) in [5.74, 6) is -4.14. The average molecular weight is 960 g/mol. The topological polar surface area (TPSA) is 269 Å². The van der Waals surface area contributed by atoms with Gasteiger partial charge in [-0.25, -0.2) is 4.57 Å². The summed E-state index contributed by atoms with van der Waals surface area (Å²) in [5, 5.41) is 28.8. The second-order valence-electron chi connectivity index (χ2n) is 17.6. The summed E-state index contributed by atoms with van der Waals surface area (Å²) in [6, 6.07) is 9.42. The number of fused-ring (bicyclic) bond motifs is 7. The number of ketones is 2. The number of carboxylic acids is 1. The number of ether oxygens (including phenoxy) is 2. The molecule has 2 heterocycles.